The standard InChI is InChI=1S/C19H27N3O2.ClH/c1-14-9-10-20-13-16(14)21-19(24)17-8-5-11-22(17)18(23)12-15-6-3-2-4-7-15;/h2-4,6-7,14,16-17,20H,5,8-13H2,1H3,(H,21,24);1H. The third-order valence-electron chi connectivity index (χ3n) is 5.23. The number of hydrogen-bond donors (Lipinski definition) is 2. The molecule has 2 fully saturated rings. The van der Waals surface area contributed by atoms with Gasteiger partial charge in [-0.15, -0.1) is 12.4 Å². The molecule has 1 aromatic rings. The lowest BCUT2D eigenvalue weighted by Gasteiger charge is -2.32. The normalized spacial score (nSPS) is 26.0. The molecule has 0 spiro atoms. The van der Waals surface area contributed by atoms with E-state index in [0.29, 0.717) is 18.9 Å². The molecule has 0 aliphatic carbocycles. The summed E-state index contributed by atoms with van der Waals surface area (Å²) in [6.07, 6.45) is 3.11. The summed E-state index contributed by atoms with van der Waals surface area (Å²) < 4.78 is 0. The van der Waals surface area contributed by atoms with Gasteiger partial charge in [0.25, 0.3) is 0 Å². The van der Waals surface area contributed by atoms with Crippen LogP contribution in [0, 0.1) is 5.92 Å². The number of benzene rings is 1. The second-order valence-corrected chi connectivity index (χ2v) is 6.99. The molecular weight excluding hydrogens is 338 g/mol. The Hall–Kier alpha value is -1.59. The molecule has 0 radical (unpaired) electrons. The van der Waals surface area contributed by atoms with Crippen LogP contribution in [-0.2, 0) is 16.0 Å². The van der Waals surface area contributed by atoms with E-state index >= 15 is 0 Å². The zero-order valence-corrected chi connectivity index (χ0v) is 15.6. The fraction of sp³-hybridized carbons (Fsp3) is 0.579. The summed E-state index contributed by atoms with van der Waals surface area (Å²) in [5.41, 5.74) is 0.999. The van der Waals surface area contributed by atoms with Gasteiger partial charge < -0.3 is 15.5 Å². The molecule has 2 heterocycles. The van der Waals surface area contributed by atoms with Gasteiger partial charge >= 0.3 is 0 Å². The van der Waals surface area contributed by atoms with Crippen LogP contribution < -0.4 is 10.6 Å². The second kappa shape index (κ2) is 9.20. The third-order valence-corrected chi connectivity index (χ3v) is 5.23. The van der Waals surface area contributed by atoms with Crippen molar-refractivity contribution in [1.29, 1.82) is 0 Å². The van der Waals surface area contributed by atoms with Crippen LogP contribution in [0.1, 0.15) is 31.7 Å². The predicted molar refractivity (Wildman–Crippen MR) is 101 cm³/mol. The van der Waals surface area contributed by atoms with Crippen molar-refractivity contribution in [3.05, 3.63) is 35.9 Å². The van der Waals surface area contributed by atoms with Crippen molar-refractivity contribution in [3.63, 3.8) is 0 Å². The van der Waals surface area contributed by atoms with Crippen molar-refractivity contribution in [2.45, 2.75) is 44.7 Å². The van der Waals surface area contributed by atoms with Crippen molar-refractivity contribution in [3.8, 4) is 0 Å². The van der Waals surface area contributed by atoms with Gasteiger partial charge in [-0.1, -0.05) is 37.3 Å². The number of piperidine rings is 1. The number of rotatable bonds is 4. The number of hydrogen-bond acceptors (Lipinski definition) is 3. The average molecular weight is 366 g/mol. The van der Waals surface area contributed by atoms with Gasteiger partial charge in [-0.3, -0.25) is 9.59 Å². The minimum atomic E-state index is -0.310. The van der Waals surface area contributed by atoms with Crippen molar-refractivity contribution < 1.29 is 9.59 Å². The highest BCUT2D eigenvalue weighted by Gasteiger charge is 2.35. The Morgan fingerprint density at radius 1 is 1.24 bits per heavy atom. The fourth-order valence-corrected chi connectivity index (χ4v) is 3.67. The molecule has 2 saturated heterocycles. The van der Waals surface area contributed by atoms with Crippen LogP contribution in [0.5, 0.6) is 0 Å². The summed E-state index contributed by atoms with van der Waals surface area (Å²) in [4.78, 5) is 27.1. The summed E-state index contributed by atoms with van der Waals surface area (Å²) in [6, 6.07) is 9.59. The number of likely N-dealkylation sites (tertiary alicyclic amines) is 1. The minimum Gasteiger partial charge on any atom is -0.350 e. The van der Waals surface area contributed by atoms with Crippen molar-refractivity contribution in [2.24, 2.45) is 5.92 Å². The Morgan fingerprint density at radius 3 is 2.72 bits per heavy atom. The Bertz CT molecular complexity index is 581. The lowest BCUT2D eigenvalue weighted by molar-refractivity contribution is -0.138. The number of amides is 2. The van der Waals surface area contributed by atoms with Crippen molar-refractivity contribution in [1.82, 2.24) is 15.5 Å². The van der Waals surface area contributed by atoms with Gasteiger partial charge in [0.05, 0.1) is 6.42 Å². The molecule has 6 heteroatoms. The maximum atomic E-state index is 12.7. The Kier molecular flexibility index (Phi) is 7.26. The number of carbonyl (C=O) groups is 2. The average Bonchev–Trinajstić information content (AvgIpc) is 3.08. The monoisotopic (exact) mass is 365 g/mol. The van der Waals surface area contributed by atoms with Crippen LogP contribution in [0.25, 0.3) is 0 Å². The zero-order valence-electron chi connectivity index (χ0n) is 14.7. The molecule has 2 amide bonds. The Labute approximate surface area is 155 Å². The maximum absolute atomic E-state index is 12.7. The van der Waals surface area contributed by atoms with Gasteiger partial charge in [0.1, 0.15) is 6.04 Å². The van der Waals surface area contributed by atoms with Gasteiger partial charge in [0.2, 0.25) is 11.8 Å². The van der Waals surface area contributed by atoms with E-state index in [-0.39, 0.29) is 36.3 Å². The van der Waals surface area contributed by atoms with E-state index in [1.165, 1.54) is 0 Å². The Balaban J connectivity index is 0.00000225. The molecule has 2 N–H and O–H groups in total. The molecular formula is C19H28ClN3O2. The van der Waals surface area contributed by atoms with Gasteiger partial charge in [0.15, 0.2) is 0 Å². The minimum absolute atomic E-state index is 0. The first kappa shape index (κ1) is 19.7. The van der Waals surface area contributed by atoms with Gasteiger partial charge in [-0.05, 0) is 37.3 Å². The van der Waals surface area contributed by atoms with E-state index < -0.39 is 0 Å². The number of halogens is 1. The molecule has 3 atom stereocenters. The largest absolute Gasteiger partial charge is 0.350 e. The first-order valence-corrected chi connectivity index (χ1v) is 8.99. The zero-order chi connectivity index (χ0) is 16.9. The summed E-state index contributed by atoms with van der Waals surface area (Å²) in [5, 5.41) is 6.50. The summed E-state index contributed by atoms with van der Waals surface area (Å²) in [6.45, 7) is 4.69. The lowest BCUT2D eigenvalue weighted by atomic mass is 9.94. The van der Waals surface area contributed by atoms with Crippen molar-refractivity contribution >= 4 is 24.2 Å². The first-order valence-electron chi connectivity index (χ1n) is 8.99. The van der Waals surface area contributed by atoms with E-state index in [2.05, 4.69) is 17.6 Å². The fourth-order valence-electron chi connectivity index (χ4n) is 3.67. The molecule has 0 aromatic heterocycles. The van der Waals surface area contributed by atoms with Crippen LogP contribution in [0.4, 0.5) is 0 Å². The summed E-state index contributed by atoms with van der Waals surface area (Å²) in [5.74, 6) is 0.535. The molecule has 2 aliphatic rings. The quantitative estimate of drug-likeness (QED) is 0.854. The number of carbonyl (C=O) groups excluding carboxylic acids is 2. The van der Waals surface area contributed by atoms with Crippen LogP contribution in [0.2, 0.25) is 0 Å². The lowest BCUT2D eigenvalue weighted by Crippen LogP contribution is -2.55. The molecule has 25 heavy (non-hydrogen) atoms. The molecule has 138 valence electrons. The molecule has 3 rings (SSSR count). The van der Waals surface area contributed by atoms with E-state index in [1.54, 1.807) is 4.90 Å². The van der Waals surface area contributed by atoms with E-state index in [1.807, 2.05) is 30.3 Å². The molecule has 1 aromatic carbocycles. The molecule has 2 aliphatic heterocycles. The van der Waals surface area contributed by atoms with Gasteiger partial charge in [-0.2, -0.15) is 0 Å². The third kappa shape index (κ3) is 4.95. The highest BCUT2D eigenvalue weighted by Crippen LogP contribution is 2.20. The van der Waals surface area contributed by atoms with E-state index in [4.69, 9.17) is 0 Å². The first-order chi connectivity index (χ1) is 11.6. The van der Waals surface area contributed by atoms with Gasteiger partial charge in [-0.25, -0.2) is 0 Å². The van der Waals surface area contributed by atoms with Crippen molar-refractivity contribution in [2.75, 3.05) is 19.6 Å². The maximum Gasteiger partial charge on any atom is 0.243 e. The highest BCUT2D eigenvalue weighted by atomic mass is 35.5. The van der Waals surface area contributed by atoms with Crippen LogP contribution >= 0.6 is 12.4 Å². The van der Waals surface area contributed by atoms with Crippen LogP contribution in [-0.4, -0.2) is 48.4 Å². The number of nitrogens with zero attached hydrogens (tertiary/aromatic N) is 1. The van der Waals surface area contributed by atoms with Gasteiger partial charge in [0, 0.05) is 19.1 Å². The SMILES string of the molecule is CC1CCNCC1NC(=O)C1CCCN1C(=O)Cc1ccccc1.Cl. The highest BCUT2D eigenvalue weighted by molar-refractivity contribution is 5.89. The summed E-state index contributed by atoms with van der Waals surface area (Å²) >= 11 is 0. The van der Waals surface area contributed by atoms with E-state index in [0.717, 1.165) is 37.9 Å². The van der Waals surface area contributed by atoms with E-state index in [9.17, 15) is 9.59 Å². The topological polar surface area (TPSA) is 61.4 Å². The molecule has 3 unspecified atom stereocenters. The Morgan fingerprint density at radius 2 is 2.00 bits per heavy atom. The van der Waals surface area contributed by atoms with Crippen LogP contribution in [0.15, 0.2) is 30.3 Å². The molecule has 5 nitrogen and oxygen atoms in total. The van der Waals surface area contributed by atoms with Crippen LogP contribution in [0.3, 0.4) is 0 Å². The second-order valence-electron chi connectivity index (χ2n) is 6.99. The number of nitrogens with one attached hydrogen (secondary N) is 2. The molecule has 0 bridgehead atoms. The molecule has 0 saturated carbocycles. The smallest absolute Gasteiger partial charge is 0.243 e. The predicted octanol–water partition coefficient (Wildman–Crippen LogP) is 1.76. The summed E-state index contributed by atoms with van der Waals surface area (Å²) in [7, 11) is 0.